The summed E-state index contributed by atoms with van der Waals surface area (Å²) >= 11 is 0. The molecule has 0 bridgehead atoms. The molecule has 1 aromatic carbocycles. The van der Waals surface area contributed by atoms with Gasteiger partial charge in [0.1, 0.15) is 5.75 Å². The molecule has 1 aliphatic rings. The number of hydrogen-bond donors (Lipinski definition) is 2. The Kier molecular flexibility index (Phi) is 1.70. The highest BCUT2D eigenvalue weighted by Crippen LogP contribution is 2.27. The molecule has 0 amide bonds. The maximum atomic E-state index is 11.0. The second-order valence-electron chi connectivity index (χ2n) is 2.92. The lowest BCUT2D eigenvalue weighted by atomic mass is 10.2. The number of ether oxygens (including phenoxy) is 1. The summed E-state index contributed by atoms with van der Waals surface area (Å²) in [6, 6.07) is 2.34. The third-order valence-electron chi connectivity index (χ3n) is 2.03. The van der Waals surface area contributed by atoms with Gasteiger partial charge < -0.3 is 14.9 Å². The average Bonchev–Trinajstić information content (AvgIpc) is 2.48. The van der Waals surface area contributed by atoms with E-state index in [1.54, 1.807) is 0 Å². The normalized spacial score (nSPS) is 14.2. The van der Waals surface area contributed by atoms with E-state index in [1.807, 2.05) is 0 Å². The molecule has 2 rings (SSSR count). The van der Waals surface area contributed by atoms with Crippen LogP contribution < -0.4 is 5.43 Å². The molecule has 2 N–H and O–H groups in total. The first-order valence-corrected chi connectivity index (χ1v) is 3.84. The van der Waals surface area contributed by atoms with E-state index in [0.717, 1.165) is 6.07 Å². The van der Waals surface area contributed by atoms with Gasteiger partial charge in [-0.15, -0.1) is 0 Å². The Morgan fingerprint density at radius 1 is 1.15 bits per heavy atom. The van der Waals surface area contributed by atoms with Crippen LogP contribution in [-0.4, -0.2) is 10.2 Å². The van der Waals surface area contributed by atoms with E-state index in [1.165, 1.54) is 6.07 Å². The summed E-state index contributed by atoms with van der Waals surface area (Å²) < 4.78 is 5.06. The summed E-state index contributed by atoms with van der Waals surface area (Å²) in [5, 5.41) is 18.6. The summed E-state index contributed by atoms with van der Waals surface area (Å²) in [6.07, 6.45) is 0. The monoisotopic (exact) mass is 180 g/mol. The van der Waals surface area contributed by atoms with Crippen LogP contribution >= 0.6 is 0 Å². The quantitative estimate of drug-likeness (QED) is 0.609. The van der Waals surface area contributed by atoms with Crippen molar-refractivity contribution in [1.29, 1.82) is 0 Å². The van der Waals surface area contributed by atoms with Gasteiger partial charge >= 0.3 is 0 Å². The molecule has 68 valence electrons. The fourth-order valence-corrected chi connectivity index (χ4v) is 1.33. The first kappa shape index (κ1) is 8.07. The molecule has 4 nitrogen and oxygen atoms in total. The summed E-state index contributed by atoms with van der Waals surface area (Å²) in [4.78, 5) is 11.0. The predicted octanol–water partition coefficient (Wildman–Crippen LogP) is 0.488. The van der Waals surface area contributed by atoms with Crippen LogP contribution in [0.15, 0.2) is 16.9 Å². The zero-order valence-corrected chi connectivity index (χ0v) is 6.78. The molecule has 0 aliphatic carbocycles. The first-order valence-electron chi connectivity index (χ1n) is 3.84. The van der Waals surface area contributed by atoms with Gasteiger partial charge in [-0.25, -0.2) is 0 Å². The number of hydrogen-bond acceptors (Lipinski definition) is 4. The fourth-order valence-electron chi connectivity index (χ4n) is 1.33. The van der Waals surface area contributed by atoms with Gasteiger partial charge in [0, 0.05) is 11.6 Å². The molecule has 4 heteroatoms. The zero-order chi connectivity index (χ0) is 9.42. The van der Waals surface area contributed by atoms with Crippen molar-refractivity contribution in [2.75, 3.05) is 0 Å². The van der Waals surface area contributed by atoms with Gasteiger partial charge in [0.05, 0.1) is 13.2 Å². The standard InChI is InChI=1S/C9H8O4/c10-7-2-9(12)8(11)1-5-3-13-4-6(5)7/h1-2,10H,3-4H2,(H,11,12). The van der Waals surface area contributed by atoms with Crippen molar-refractivity contribution < 1.29 is 14.9 Å². The molecule has 13 heavy (non-hydrogen) atoms. The van der Waals surface area contributed by atoms with Crippen molar-refractivity contribution in [2.45, 2.75) is 13.2 Å². The Morgan fingerprint density at radius 2 is 1.92 bits per heavy atom. The van der Waals surface area contributed by atoms with E-state index in [0.29, 0.717) is 17.7 Å². The molecule has 0 aromatic heterocycles. The molecule has 1 aromatic rings. The minimum atomic E-state index is -0.577. The number of fused-ring (bicyclic) bond motifs is 1. The topological polar surface area (TPSA) is 66.8 Å². The van der Waals surface area contributed by atoms with Crippen LogP contribution in [0, 0.1) is 0 Å². The van der Waals surface area contributed by atoms with Crippen molar-refractivity contribution in [3.8, 4) is 11.5 Å². The van der Waals surface area contributed by atoms with Crippen molar-refractivity contribution in [1.82, 2.24) is 0 Å². The van der Waals surface area contributed by atoms with Gasteiger partial charge in [0.15, 0.2) is 5.75 Å². The van der Waals surface area contributed by atoms with E-state index < -0.39 is 5.43 Å². The van der Waals surface area contributed by atoms with Crippen LogP contribution in [-0.2, 0) is 18.0 Å². The maximum Gasteiger partial charge on any atom is 0.223 e. The second kappa shape index (κ2) is 2.74. The lowest BCUT2D eigenvalue weighted by molar-refractivity contribution is 0.133. The highest BCUT2D eigenvalue weighted by molar-refractivity contribution is 5.42. The molecule has 0 saturated carbocycles. The Hall–Kier alpha value is -1.55. The smallest absolute Gasteiger partial charge is 0.223 e. The third kappa shape index (κ3) is 1.25. The van der Waals surface area contributed by atoms with Crippen molar-refractivity contribution in [3.05, 3.63) is 33.5 Å². The van der Waals surface area contributed by atoms with Crippen LogP contribution in [0.25, 0.3) is 0 Å². The molecular formula is C9H8O4. The zero-order valence-electron chi connectivity index (χ0n) is 6.78. The minimum absolute atomic E-state index is 0.113. The van der Waals surface area contributed by atoms with Crippen molar-refractivity contribution in [2.24, 2.45) is 0 Å². The Labute approximate surface area is 74.0 Å². The average molecular weight is 180 g/mol. The highest BCUT2D eigenvalue weighted by Gasteiger charge is 2.15. The van der Waals surface area contributed by atoms with Gasteiger partial charge in [-0.1, -0.05) is 0 Å². The lowest BCUT2D eigenvalue weighted by Crippen LogP contribution is -1.92. The van der Waals surface area contributed by atoms with E-state index in [2.05, 4.69) is 0 Å². The van der Waals surface area contributed by atoms with E-state index in [9.17, 15) is 15.0 Å². The van der Waals surface area contributed by atoms with E-state index >= 15 is 0 Å². The van der Waals surface area contributed by atoms with Crippen LogP contribution in [0.3, 0.4) is 0 Å². The van der Waals surface area contributed by atoms with Gasteiger partial charge in [0.2, 0.25) is 5.43 Å². The van der Waals surface area contributed by atoms with Crippen LogP contribution in [0.1, 0.15) is 11.1 Å². The van der Waals surface area contributed by atoms with E-state index in [-0.39, 0.29) is 18.1 Å². The van der Waals surface area contributed by atoms with Gasteiger partial charge in [0.25, 0.3) is 0 Å². The SMILES string of the molecule is O=c1cc(O)c2c(cc1O)COC2. The third-order valence-corrected chi connectivity index (χ3v) is 2.03. The van der Waals surface area contributed by atoms with Gasteiger partial charge in [-0.05, 0) is 11.6 Å². The van der Waals surface area contributed by atoms with Gasteiger partial charge in [-0.3, -0.25) is 4.79 Å². The number of rotatable bonds is 0. The predicted molar refractivity (Wildman–Crippen MR) is 44.5 cm³/mol. The molecule has 0 radical (unpaired) electrons. The first-order chi connectivity index (χ1) is 6.18. The van der Waals surface area contributed by atoms with Crippen LogP contribution in [0.5, 0.6) is 11.5 Å². The highest BCUT2D eigenvalue weighted by atomic mass is 16.5. The molecule has 1 aliphatic heterocycles. The minimum Gasteiger partial charge on any atom is -0.507 e. The molecule has 0 spiro atoms. The summed E-state index contributed by atoms with van der Waals surface area (Å²) in [5.74, 6) is -0.472. The molecular weight excluding hydrogens is 172 g/mol. The second-order valence-corrected chi connectivity index (χ2v) is 2.92. The summed E-state index contributed by atoms with van der Waals surface area (Å²) in [5.41, 5.74) is 0.668. The Morgan fingerprint density at radius 3 is 2.69 bits per heavy atom. The van der Waals surface area contributed by atoms with Crippen LogP contribution in [0.4, 0.5) is 0 Å². The van der Waals surface area contributed by atoms with E-state index in [4.69, 9.17) is 4.74 Å². The van der Waals surface area contributed by atoms with Gasteiger partial charge in [-0.2, -0.15) is 0 Å². The molecule has 0 atom stereocenters. The fraction of sp³-hybridized carbons (Fsp3) is 0.222. The lowest BCUT2D eigenvalue weighted by Gasteiger charge is -1.91. The van der Waals surface area contributed by atoms with Crippen molar-refractivity contribution in [3.63, 3.8) is 0 Å². The molecule has 1 heterocycles. The Bertz CT molecular complexity index is 411. The number of aromatic hydroxyl groups is 2. The maximum absolute atomic E-state index is 11.0. The molecule has 0 unspecified atom stereocenters. The summed E-state index contributed by atoms with van der Waals surface area (Å²) in [6.45, 7) is 0.610. The summed E-state index contributed by atoms with van der Waals surface area (Å²) in [7, 11) is 0. The molecule has 0 fully saturated rings. The van der Waals surface area contributed by atoms with Crippen molar-refractivity contribution >= 4 is 0 Å². The van der Waals surface area contributed by atoms with Crippen LogP contribution in [0.2, 0.25) is 0 Å². The molecule has 0 saturated heterocycles. The largest absolute Gasteiger partial charge is 0.507 e. The Balaban J connectivity index is 2.79.